The van der Waals surface area contributed by atoms with E-state index in [9.17, 15) is 4.39 Å². The van der Waals surface area contributed by atoms with Crippen LogP contribution >= 0.6 is 23.8 Å². The Kier molecular flexibility index (Phi) is 6.08. The van der Waals surface area contributed by atoms with Crippen molar-refractivity contribution >= 4 is 34.7 Å². The Balaban J connectivity index is 1.59. The largest absolute Gasteiger partial charge is 0.358 e. The zero-order valence-electron chi connectivity index (χ0n) is 15.0. The zero-order valence-corrected chi connectivity index (χ0v) is 16.6. The molecule has 1 aromatic carbocycles. The summed E-state index contributed by atoms with van der Waals surface area (Å²) in [4.78, 5) is 0. The number of rotatable bonds is 6. The highest BCUT2D eigenvalue weighted by Crippen LogP contribution is 2.20. The molecule has 0 amide bonds. The van der Waals surface area contributed by atoms with Gasteiger partial charge in [-0.15, -0.1) is 0 Å². The summed E-state index contributed by atoms with van der Waals surface area (Å²) in [6.07, 6.45) is 3.67. The van der Waals surface area contributed by atoms with Crippen molar-refractivity contribution in [3.8, 4) is 0 Å². The molecule has 2 N–H and O–H groups in total. The van der Waals surface area contributed by atoms with Crippen molar-refractivity contribution in [2.75, 3.05) is 5.32 Å². The third-order valence-corrected chi connectivity index (χ3v) is 4.52. The van der Waals surface area contributed by atoms with Gasteiger partial charge in [-0.2, -0.15) is 10.2 Å². The van der Waals surface area contributed by atoms with Gasteiger partial charge in [-0.25, -0.2) is 4.39 Å². The van der Waals surface area contributed by atoms with Crippen LogP contribution in [0.3, 0.4) is 0 Å². The summed E-state index contributed by atoms with van der Waals surface area (Å²) in [6, 6.07) is 6.36. The molecule has 9 heteroatoms. The third-order valence-electron chi connectivity index (χ3n) is 3.99. The standard InChI is InChI=1S/C18H20ClFN6S/c1-3-25-10-14(12(2)23-25)8-21-18(27)22-17-16(19)11-26(24-17)9-13-5-4-6-15(20)7-13/h4-7,10-11H,3,8-9H2,1-2H3,(H2,21,22,24,27). The Morgan fingerprint density at radius 2 is 2.07 bits per heavy atom. The van der Waals surface area contributed by atoms with Gasteiger partial charge in [0.1, 0.15) is 10.8 Å². The molecular weight excluding hydrogens is 387 g/mol. The smallest absolute Gasteiger partial charge is 0.173 e. The summed E-state index contributed by atoms with van der Waals surface area (Å²) >= 11 is 11.6. The highest BCUT2D eigenvalue weighted by atomic mass is 35.5. The second kappa shape index (κ2) is 8.49. The van der Waals surface area contributed by atoms with Crippen molar-refractivity contribution in [3.63, 3.8) is 0 Å². The average molecular weight is 407 g/mol. The van der Waals surface area contributed by atoms with Crippen molar-refractivity contribution < 1.29 is 4.39 Å². The molecule has 2 aromatic heterocycles. The molecule has 3 rings (SSSR count). The molecule has 27 heavy (non-hydrogen) atoms. The summed E-state index contributed by atoms with van der Waals surface area (Å²) < 4.78 is 16.8. The van der Waals surface area contributed by atoms with Gasteiger partial charge in [0.05, 0.1) is 12.2 Å². The fourth-order valence-corrected chi connectivity index (χ4v) is 2.97. The number of benzene rings is 1. The Labute approximate surface area is 167 Å². The fourth-order valence-electron chi connectivity index (χ4n) is 2.61. The van der Waals surface area contributed by atoms with Crippen molar-refractivity contribution in [1.82, 2.24) is 24.9 Å². The lowest BCUT2D eigenvalue weighted by Gasteiger charge is -2.08. The van der Waals surface area contributed by atoms with Crippen molar-refractivity contribution in [2.45, 2.75) is 33.5 Å². The molecule has 0 saturated heterocycles. The number of halogens is 2. The van der Waals surface area contributed by atoms with Crippen LogP contribution in [0.25, 0.3) is 0 Å². The highest BCUT2D eigenvalue weighted by Gasteiger charge is 2.10. The maximum absolute atomic E-state index is 13.3. The summed E-state index contributed by atoms with van der Waals surface area (Å²) in [7, 11) is 0. The second-order valence-electron chi connectivity index (χ2n) is 6.06. The Morgan fingerprint density at radius 1 is 1.26 bits per heavy atom. The number of aromatic nitrogens is 4. The van der Waals surface area contributed by atoms with E-state index < -0.39 is 0 Å². The van der Waals surface area contributed by atoms with Crippen LogP contribution in [-0.2, 0) is 19.6 Å². The number of thiocarbonyl (C=S) groups is 1. The number of aryl methyl sites for hydroxylation is 2. The van der Waals surface area contributed by atoms with Gasteiger partial charge < -0.3 is 10.6 Å². The van der Waals surface area contributed by atoms with Crippen LogP contribution in [-0.4, -0.2) is 24.7 Å². The van der Waals surface area contributed by atoms with E-state index in [1.807, 2.05) is 30.8 Å². The van der Waals surface area contributed by atoms with Crippen molar-refractivity contribution in [3.05, 3.63) is 64.3 Å². The number of hydrogen-bond acceptors (Lipinski definition) is 3. The number of hydrogen-bond donors (Lipinski definition) is 2. The van der Waals surface area contributed by atoms with Gasteiger partial charge in [-0.3, -0.25) is 9.36 Å². The van der Waals surface area contributed by atoms with Crippen LogP contribution in [0.15, 0.2) is 36.7 Å². The third kappa shape index (κ3) is 5.05. The molecule has 0 bridgehead atoms. The maximum Gasteiger partial charge on any atom is 0.173 e. The predicted molar refractivity (Wildman–Crippen MR) is 108 cm³/mol. The van der Waals surface area contributed by atoms with E-state index >= 15 is 0 Å². The molecule has 2 heterocycles. The molecule has 0 aliphatic carbocycles. The summed E-state index contributed by atoms with van der Waals surface area (Å²) in [6.45, 7) is 5.79. The van der Waals surface area contributed by atoms with Crippen molar-refractivity contribution in [2.24, 2.45) is 0 Å². The topological polar surface area (TPSA) is 59.7 Å². The van der Waals surface area contributed by atoms with E-state index in [2.05, 4.69) is 20.8 Å². The number of nitrogens with one attached hydrogen (secondary N) is 2. The monoisotopic (exact) mass is 406 g/mol. The molecular formula is C18H20ClFN6S. The fraction of sp³-hybridized carbons (Fsp3) is 0.278. The molecule has 3 aromatic rings. The normalized spacial score (nSPS) is 10.8. The first kappa shape index (κ1) is 19.3. The van der Waals surface area contributed by atoms with Gasteiger partial charge in [0.15, 0.2) is 10.9 Å². The van der Waals surface area contributed by atoms with E-state index in [4.69, 9.17) is 23.8 Å². The maximum atomic E-state index is 13.3. The Morgan fingerprint density at radius 3 is 2.78 bits per heavy atom. The van der Waals surface area contributed by atoms with E-state index in [1.54, 1.807) is 16.9 Å². The van der Waals surface area contributed by atoms with E-state index in [1.165, 1.54) is 12.1 Å². The van der Waals surface area contributed by atoms with E-state index in [0.29, 0.717) is 29.0 Å². The van der Waals surface area contributed by atoms with Gasteiger partial charge >= 0.3 is 0 Å². The van der Waals surface area contributed by atoms with E-state index in [-0.39, 0.29) is 5.82 Å². The van der Waals surface area contributed by atoms with Gasteiger partial charge in [-0.05, 0) is 43.8 Å². The van der Waals surface area contributed by atoms with E-state index in [0.717, 1.165) is 23.4 Å². The van der Waals surface area contributed by atoms with Crippen LogP contribution < -0.4 is 10.6 Å². The quantitative estimate of drug-likeness (QED) is 0.611. The first-order valence-electron chi connectivity index (χ1n) is 8.49. The molecule has 0 atom stereocenters. The van der Waals surface area contributed by atoms with Crippen molar-refractivity contribution in [1.29, 1.82) is 0 Å². The zero-order chi connectivity index (χ0) is 19.4. The molecule has 6 nitrogen and oxygen atoms in total. The van der Waals surface area contributed by atoms with Gasteiger partial charge in [-0.1, -0.05) is 23.7 Å². The molecule has 0 fully saturated rings. The Bertz CT molecular complexity index is 951. The molecule has 0 saturated carbocycles. The van der Waals surface area contributed by atoms with Crippen LogP contribution in [0.2, 0.25) is 5.02 Å². The lowest BCUT2D eigenvalue weighted by molar-refractivity contribution is 0.619. The minimum absolute atomic E-state index is 0.281. The molecule has 0 unspecified atom stereocenters. The number of nitrogens with zero attached hydrogens (tertiary/aromatic N) is 4. The summed E-state index contributed by atoms with van der Waals surface area (Å²) in [5.41, 5.74) is 2.83. The van der Waals surface area contributed by atoms with Crippen LogP contribution in [0.4, 0.5) is 10.2 Å². The molecule has 0 aliphatic heterocycles. The first-order valence-corrected chi connectivity index (χ1v) is 9.28. The predicted octanol–water partition coefficient (Wildman–Crippen LogP) is 3.74. The molecule has 0 aliphatic rings. The van der Waals surface area contributed by atoms with Gasteiger partial charge in [0, 0.05) is 31.0 Å². The lowest BCUT2D eigenvalue weighted by atomic mass is 10.2. The van der Waals surface area contributed by atoms with Gasteiger partial charge in [0.2, 0.25) is 0 Å². The second-order valence-corrected chi connectivity index (χ2v) is 6.87. The van der Waals surface area contributed by atoms with Crippen LogP contribution in [0.1, 0.15) is 23.7 Å². The summed E-state index contributed by atoms with van der Waals surface area (Å²) in [5.74, 6) is 0.169. The molecule has 142 valence electrons. The van der Waals surface area contributed by atoms with Crippen LogP contribution in [0.5, 0.6) is 0 Å². The number of anilines is 1. The lowest BCUT2D eigenvalue weighted by Crippen LogP contribution is -2.28. The minimum atomic E-state index is -0.281. The SMILES string of the molecule is CCn1cc(CNC(=S)Nc2nn(Cc3cccc(F)c3)cc2Cl)c(C)n1. The van der Waals surface area contributed by atoms with Crippen LogP contribution in [0, 0.1) is 12.7 Å². The Hall–Kier alpha value is -2.45. The highest BCUT2D eigenvalue weighted by molar-refractivity contribution is 7.80. The molecule has 0 radical (unpaired) electrons. The molecule has 0 spiro atoms. The average Bonchev–Trinajstić information content (AvgIpc) is 3.15. The first-order chi connectivity index (χ1) is 12.9. The minimum Gasteiger partial charge on any atom is -0.358 e. The van der Waals surface area contributed by atoms with Gasteiger partial charge in [0.25, 0.3) is 0 Å². The summed E-state index contributed by atoms with van der Waals surface area (Å²) in [5, 5.41) is 15.7.